The quantitative estimate of drug-likeness (QED) is 0.608. The lowest BCUT2D eigenvalue weighted by atomic mass is 9.71. The molecule has 0 amide bonds. The lowest BCUT2D eigenvalue weighted by Crippen LogP contribution is -2.32. The van der Waals surface area contributed by atoms with E-state index in [0.29, 0.717) is 18.1 Å². The van der Waals surface area contributed by atoms with Crippen molar-refractivity contribution in [2.45, 2.75) is 46.1 Å². The van der Waals surface area contributed by atoms with Crippen molar-refractivity contribution in [3.63, 3.8) is 0 Å². The Bertz CT molecular complexity index is 172. The molecule has 1 saturated carbocycles. The van der Waals surface area contributed by atoms with Gasteiger partial charge in [0.15, 0.2) is 0 Å². The van der Waals surface area contributed by atoms with E-state index in [4.69, 9.17) is 4.74 Å². The van der Waals surface area contributed by atoms with E-state index >= 15 is 0 Å². The smallest absolute Gasteiger partial charge is 0.0648 e. The Kier molecular flexibility index (Phi) is 3.55. The van der Waals surface area contributed by atoms with Crippen LogP contribution >= 0.6 is 0 Å². The summed E-state index contributed by atoms with van der Waals surface area (Å²) >= 11 is 0. The average molecular weight is 182 g/mol. The summed E-state index contributed by atoms with van der Waals surface area (Å²) in [5.41, 5.74) is 0.462. The molecule has 0 aromatic rings. The zero-order valence-electron chi connectivity index (χ0n) is 9.18. The van der Waals surface area contributed by atoms with Gasteiger partial charge in [-0.25, -0.2) is 0 Å². The first-order valence-corrected chi connectivity index (χ1v) is 5.26. The van der Waals surface area contributed by atoms with E-state index < -0.39 is 0 Å². The second kappa shape index (κ2) is 4.28. The topological polar surface area (TPSA) is 9.23 Å². The lowest BCUT2D eigenvalue weighted by molar-refractivity contribution is -0.0107. The highest BCUT2D eigenvalue weighted by Gasteiger charge is 2.32. The van der Waals surface area contributed by atoms with Gasteiger partial charge in [-0.3, -0.25) is 0 Å². The molecule has 1 rings (SSSR count). The molecule has 2 unspecified atom stereocenters. The van der Waals surface area contributed by atoms with Crippen molar-refractivity contribution in [3.05, 3.63) is 12.7 Å². The normalized spacial score (nSPS) is 32.8. The van der Waals surface area contributed by atoms with E-state index in [1.165, 1.54) is 19.3 Å². The molecule has 1 heteroatoms. The fourth-order valence-electron chi connectivity index (χ4n) is 2.59. The molecule has 0 aromatic heterocycles. The fraction of sp³-hybridized carbons (Fsp3) is 0.833. The monoisotopic (exact) mass is 182 g/mol. The van der Waals surface area contributed by atoms with Gasteiger partial charge in [0.1, 0.15) is 0 Å². The first kappa shape index (κ1) is 10.8. The van der Waals surface area contributed by atoms with Crippen LogP contribution in [-0.4, -0.2) is 12.7 Å². The SMILES string of the molecule is C=CCOC1CC(C)CC(C)(C)C1. The summed E-state index contributed by atoms with van der Waals surface area (Å²) in [6.07, 6.45) is 6.05. The Labute approximate surface area is 82.2 Å². The summed E-state index contributed by atoms with van der Waals surface area (Å²) in [7, 11) is 0. The molecule has 2 atom stereocenters. The van der Waals surface area contributed by atoms with Gasteiger partial charge in [0.2, 0.25) is 0 Å². The summed E-state index contributed by atoms with van der Waals surface area (Å²) in [4.78, 5) is 0. The van der Waals surface area contributed by atoms with Crippen LogP contribution in [0.2, 0.25) is 0 Å². The van der Waals surface area contributed by atoms with Gasteiger partial charge < -0.3 is 4.74 Å². The van der Waals surface area contributed by atoms with Gasteiger partial charge in [-0.05, 0) is 30.6 Å². The van der Waals surface area contributed by atoms with Gasteiger partial charge >= 0.3 is 0 Å². The highest BCUT2D eigenvalue weighted by Crippen LogP contribution is 2.39. The van der Waals surface area contributed by atoms with Crippen molar-refractivity contribution in [1.29, 1.82) is 0 Å². The van der Waals surface area contributed by atoms with Crippen LogP contribution in [0.4, 0.5) is 0 Å². The molecule has 0 radical (unpaired) electrons. The van der Waals surface area contributed by atoms with E-state index in [2.05, 4.69) is 27.4 Å². The molecule has 0 bridgehead atoms. The molecule has 0 aliphatic heterocycles. The van der Waals surface area contributed by atoms with Crippen LogP contribution in [0.25, 0.3) is 0 Å². The van der Waals surface area contributed by atoms with Gasteiger partial charge in [0.25, 0.3) is 0 Å². The first-order valence-electron chi connectivity index (χ1n) is 5.26. The van der Waals surface area contributed by atoms with E-state index in [1.807, 2.05) is 6.08 Å². The van der Waals surface area contributed by atoms with Crippen LogP contribution in [0, 0.1) is 11.3 Å². The van der Waals surface area contributed by atoms with Crippen LogP contribution < -0.4 is 0 Å². The second-order valence-electron chi connectivity index (χ2n) is 5.16. The van der Waals surface area contributed by atoms with Crippen molar-refractivity contribution >= 4 is 0 Å². The summed E-state index contributed by atoms with van der Waals surface area (Å²) < 4.78 is 5.72. The Balaban J connectivity index is 2.42. The van der Waals surface area contributed by atoms with Gasteiger partial charge in [0.05, 0.1) is 12.7 Å². The lowest BCUT2D eigenvalue weighted by Gasteiger charge is -2.38. The molecule has 0 heterocycles. The number of rotatable bonds is 3. The molecule has 13 heavy (non-hydrogen) atoms. The largest absolute Gasteiger partial charge is 0.374 e. The summed E-state index contributed by atoms with van der Waals surface area (Å²) in [5.74, 6) is 0.804. The van der Waals surface area contributed by atoms with Crippen LogP contribution in [-0.2, 0) is 4.74 Å². The van der Waals surface area contributed by atoms with Crippen molar-refractivity contribution in [2.75, 3.05) is 6.61 Å². The molecule has 1 aliphatic rings. The molecular formula is C12H22O. The molecule has 1 nitrogen and oxygen atoms in total. The molecule has 0 aromatic carbocycles. The number of ether oxygens (including phenoxy) is 1. The maximum absolute atomic E-state index is 5.72. The Hall–Kier alpha value is -0.300. The van der Waals surface area contributed by atoms with Crippen molar-refractivity contribution in [3.8, 4) is 0 Å². The third kappa shape index (κ3) is 3.51. The van der Waals surface area contributed by atoms with Crippen LogP contribution in [0.15, 0.2) is 12.7 Å². The summed E-state index contributed by atoms with van der Waals surface area (Å²) in [6, 6.07) is 0. The number of hydrogen-bond acceptors (Lipinski definition) is 1. The fourth-order valence-corrected chi connectivity index (χ4v) is 2.59. The zero-order valence-corrected chi connectivity index (χ0v) is 9.18. The minimum Gasteiger partial charge on any atom is -0.374 e. The molecule has 1 aliphatic carbocycles. The average Bonchev–Trinajstić information content (AvgIpc) is 1.97. The highest BCUT2D eigenvalue weighted by molar-refractivity contribution is 4.84. The molecule has 0 N–H and O–H groups in total. The highest BCUT2D eigenvalue weighted by atomic mass is 16.5. The molecule has 0 spiro atoms. The minimum absolute atomic E-state index is 0.455. The first-order chi connectivity index (χ1) is 6.03. The van der Waals surface area contributed by atoms with Crippen LogP contribution in [0.1, 0.15) is 40.0 Å². The van der Waals surface area contributed by atoms with Crippen molar-refractivity contribution < 1.29 is 4.74 Å². The van der Waals surface area contributed by atoms with E-state index in [-0.39, 0.29) is 0 Å². The number of hydrogen-bond donors (Lipinski definition) is 0. The van der Waals surface area contributed by atoms with Gasteiger partial charge in [-0.15, -0.1) is 6.58 Å². The van der Waals surface area contributed by atoms with Crippen molar-refractivity contribution in [2.24, 2.45) is 11.3 Å². The van der Waals surface area contributed by atoms with Crippen LogP contribution in [0.5, 0.6) is 0 Å². The maximum atomic E-state index is 5.72. The Morgan fingerprint density at radius 3 is 2.69 bits per heavy atom. The predicted octanol–water partition coefficient (Wildman–Crippen LogP) is 3.40. The van der Waals surface area contributed by atoms with E-state index in [1.54, 1.807) is 0 Å². The Morgan fingerprint density at radius 1 is 1.46 bits per heavy atom. The van der Waals surface area contributed by atoms with Crippen molar-refractivity contribution in [1.82, 2.24) is 0 Å². The van der Waals surface area contributed by atoms with Gasteiger partial charge in [-0.1, -0.05) is 26.8 Å². The van der Waals surface area contributed by atoms with E-state index in [9.17, 15) is 0 Å². The maximum Gasteiger partial charge on any atom is 0.0648 e. The third-order valence-electron chi connectivity index (χ3n) is 2.80. The molecule has 76 valence electrons. The van der Waals surface area contributed by atoms with E-state index in [0.717, 1.165) is 5.92 Å². The zero-order chi connectivity index (χ0) is 9.90. The van der Waals surface area contributed by atoms with Gasteiger partial charge in [-0.2, -0.15) is 0 Å². The molecular weight excluding hydrogens is 160 g/mol. The van der Waals surface area contributed by atoms with Crippen LogP contribution in [0.3, 0.4) is 0 Å². The summed E-state index contributed by atoms with van der Waals surface area (Å²) in [5, 5.41) is 0. The Morgan fingerprint density at radius 2 is 2.15 bits per heavy atom. The van der Waals surface area contributed by atoms with Gasteiger partial charge in [0, 0.05) is 0 Å². The predicted molar refractivity (Wildman–Crippen MR) is 56.7 cm³/mol. The molecule has 0 saturated heterocycles. The minimum atomic E-state index is 0.455. The molecule has 1 fully saturated rings. The third-order valence-corrected chi connectivity index (χ3v) is 2.80. The standard InChI is InChI=1S/C12H22O/c1-5-6-13-11-7-10(2)8-12(3,4)9-11/h5,10-11H,1,6-9H2,2-4H3. The second-order valence-corrected chi connectivity index (χ2v) is 5.16. The summed E-state index contributed by atoms with van der Waals surface area (Å²) in [6.45, 7) is 11.4.